The SMILES string of the molecule is CC(Cl)Cc1cc(F)ccc1F. The predicted octanol–water partition coefficient (Wildman–Crippen LogP) is 3.13. The van der Waals surface area contributed by atoms with E-state index >= 15 is 0 Å². The highest BCUT2D eigenvalue weighted by atomic mass is 35.5. The van der Waals surface area contributed by atoms with Crippen molar-refractivity contribution in [3.8, 4) is 0 Å². The fraction of sp³-hybridized carbons (Fsp3) is 0.333. The maximum absolute atomic E-state index is 12.9. The predicted molar refractivity (Wildman–Crippen MR) is 45.4 cm³/mol. The molecule has 3 heteroatoms. The zero-order chi connectivity index (χ0) is 9.14. The van der Waals surface area contributed by atoms with E-state index in [0.29, 0.717) is 12.0 Å². The van der Waals surface area contributed by atoms with E-state index in [4.69, 9.17) is 11.6 Å². The Morgan fingerprint density at radius 3 is 2.67 bits per heavy atom. The summed E-state index contributed by atoms with van der Waals surface area (Å²) in [4.78, 5) is 0. The van der Waals surface area contributed by atoms with Crippen molar-refractivity contribution in [3.05, 3.63) is 35.4 Å². The third-order valence-corrected chi connectivity index (χ3v) is 1.66. The van der Waals surface area contributed by atoms with Gasteiger partial charge in [-0.1, -0.05) is 0 Å². The lowest BCUT2D eigenvalue weighted by atomic mass is 10.1. The standard InChI is InChI=1S/C9H9ClF2/c1-6(10)4-7-5-8(11)2-3-9(7)12/h2-3,5-6H,4H2,1H3. The second-order valence-corrected chi connectivity index (χ2v) is 3.47. The maximum Gasteiger partial charge on any atom is 0.126 e. The van der Waals surface area contributed by atoms with Gasteiger partial charge in [-0.3, -0.25) is 0 Å². The Morgan fingerprint density at radius 2 is 2.08 bits per heavy atom. The van der Waals surface area contributed by atoms with Crippen molar-refractivity contribution in [2.45, 2.75) is 18.7 Å². The monoisotopic (exact) mass is 190 g/mol. The summed E-state index contributed by atoms with van der Waals surface area (Å²) in [6.45, 7) is 1.74. The van der Waals surface area contributed by atoms with Gasteiger partial charge in [0.25, 0.3) is 0 Å². The molecule has 0 aliphatic heterocycles. The molecule has 1 unspecified atom stereocenters. The molecule has 0 aliphatic carbocycles. The zero-order valence-electron chi connectivity index (χ0n) is 6.65. The van der Waals surface area contributed by atoms with E-state index in [2.05, 4.69) is 0 Å². The summed E-state index contributed by atoms with van der Waals surface area (Å²) in [6, 6.07) is 3.38. The minimum atomic E-state index is -0.427. The van der Waals surface area contributed by atoms with Gasteiger partial charge >= 0.3 is 0 Å². The molecule has 0 saturated heterocycles. The summed E-state index contributed by atoms with van der Waals surface area (Å²) >= 11 is 5.65. The van der Waals surface area contributed by atoms with Crippen molar-refractivity contribution < 1.29 is 8.78 Å². The van der Waals surface area contributed by atoms with Gasteiger partial charge in [0.2, 0.25) is 0 Å². The number of halogens is 3. The minimum absolute atomic E-state index is 0.179. The van der Waals surface area contributed by atoms with Crippen LogP contribution >= 0.6 is 11.6 Å². The molecule has 0 aliphatic rings. The third kappa shape index (κ3) is 2.45. The molecule has 0 spiro atoms. The Balaban J connectivity index is 2.90. The molecule has 12 heavy (non-hydrogen) atoms. The van der Waals surface area contributed by atoms with Crippen LogP contribution in [0.2, 0.25) is 0 Å². The molecule has 0 saturated carbocycles. The number of hydrogen-bond donors (Lipinski definition) is 0. The molecule has 0 N–H and O–H groups in total. The molecule has 1 rings (SSSR count). The Bertz CT molecular complexity index is 271. The Morgan fingerprint density at radius 1 is 1.42 bits per heavy atom. The van der Waals surface area contributed by atoms with Crippen molar-refractivity contribution in [2.75, 3.05) is 0 Å². The number of alkyl halides is 1. The van der Waals surface area contributed by atoms with Crippen LogP contribution in [-0.4, -0.2) is 5.38 Å². The molecule has 1 aromatic rings. The summed E-state index contributed by atoms with van der Waals surface area (Å²) in [7, 11) is 0. The lowest BCUT2D eigenvalue weighted by molar-refractivity contribution is 0.583. The van der Waals surface area contributed by atoms with E-state index in [1.165, 1.54) is 6.07 Å². The molecular weight excluding hydrogens is 182 g/mol. The lowest BCUT2D eigenvalue weighted by Crippen LogP contribution is -2.00. The van der Waals surface area contributed by atoms with E-state index in [0.717, 1.165) is 12.1 Å². The molecule has 1 atom stereocenters. The molecule has 66 valence electrons. The highest BCUT2D eigenvalue weighted by Crippen LogP contribution is 2.13. The average molecular weight is 191 g/mol. The highest BCUT2D eigenvalue weighted by molar-refractivity contribution is 6.20. The van der Waals surface area contributed by atoms with Gasteiger partial charge in [-0.25, -0.2) is 8.78 Å². The lowest BCUT2D eigenvalue weighted by Gasteiger charge is -2.04. The summed E-state index contributed by atoms with van der Waals surface area (Å²) in [5.41, 5.74) is 0.331. The number of hydrogen-bond acceptors (Lipinski definition) is 0. The van der Waals surface area contributed by atoms with Crippen LogP contribution in [0.3, 0.4) is 0 Å². The van der Waals surface area contributed by atoms with E-state index < -0.39 is 11.6 Å². The van der Waals surface area contributed by atoms with Gasteiger partial charge in [0.15, 0.2) is 0 Å². The van der Waals surface area contributed by atoms with Gasteiger partial charge in [0, 0.05) is 5.38 Å². The van der Waals surface area contributed by atoms with Gasteiger partial charge < -0.3 is 0 Å². The second kappa shape index (κ2) is 3.85. The summed E-state index contributed by atoms with van der Waals surface area (Å²) in [5, 5.41) is -0.179. The first kappa shape index (κ1) is 9.46. The second-order valence-electron chi connectivity index (χ2n) is 2.72. The van der Waals surface area contributed by atoms with E-state index in [1.807, 2.05) is 0 Å². The first-order valence-electron chi connectivity index (χ1n) is 3.67. The van der Waals surface area contributed by atoms with E-state index in [1.54, 1.807) is 6.92 Å². The van der Waals surface area contributed by atoms with E-state index in [9.17, 15) is 8.78 Å². The van der Waals surface area contributed by atoms with Gasteiger partial charge in [-0.05, 0) is 37.1 Å². The molecule has 0 amide bonds. The number of benzene rings is 1. The molecule has 0 aromatic heterocycles. The van der Waals surface area contributed by atoms with Crippen LogP contribution in [0.4, 0.5) is 8.78 Å². The quantitative estimate of drug-likeness (QED) is 0.629. The minimum Gasteiger partial charge on any atom is -0.207 e. The van der Waals surface area contributed by atoms with Crippen molar-refractivity contribution in [2.24, 2.45) is 0 Å². The van der Waals surface area contributed by atoms with E-state index in [-0.39, 0.29) is 5.38 Å². The Kier molecular flexibility index (Phi) is 3.04. The molecule has 0 fully saturated rings. The van der Waals surface area contributed by atoms with Crippen molar-refractivity contribution in [1.29, 1.82) is 0 Å². The van der Waals surface area contributed by atoms with Gasteiger partial charge in [-0.15, -0.1) is 11.6 Å². The van der Waals surface area contributed by atoms with Crippen LogP contribution in [0.5, 0.6) is 0 Å². The van der Waals surface area contributed by atoms with Gasteiger partial charge in [0.05, 0.1) is 0 Å². The highest BCUT2D eigenvalue weighted by Gasteiger charge is 2.06. The largest absolute Gasteiger partial charge is 0.207 e. The van der Waals surface area contributed by atoms with Crippen LogP contribution in [-0.2, 0) is 6.42 Å². The smallest absolute Gasteiger partial charge is 0.126 e. The molecule has 1 aromatic carbocycles. The van der Waals surface area contributed by atoms with Crippen LogP contribution < -0.4 is 0 Å². The fourth-order valence-corrected chi connectivity index (χ4v) is 1.17. The number of rotatable bonds is 2. The van der Waals surface area contributed by atoms with Crippen LogP contribution in [0.25, 0.3) is 0 Å². The first-order chi connectivity index (χ1) is 5.59. The topological polar surface area (TPSA) is 0 Å². The summed E-state index contributed by atoms with van der Waals surface area (Å²) < 4.78 is 25.5. The van der Waals surface area contributed by atoms with Crippen molar-refractivity contribution in [1.82, 2.24) is 0 Å². The third-order valence-electron chi connectivity index (χ3n) is 1.51. The Hall–Kier alpha value is -0.630. The fourth-order valence-electron chi connectivity index (χ4n) is 1.00. The van der Waals surface area contributed by atoms with Gasteiger partial charge in [-0.2, -0.15) is 0 Å². The van der Waals surface area contributed by atoms with Crippen molar-refractivity contribution >= 4 is 11.6 Å². The van der Waals surface area contributed by atoms with Gasteiger partial charge in [0.1, 0.15) is 11.6 Å². The summed E-state index contributed by atoms with van der Waals surface area (Å²) in [5.74, 6) is -0.826. The normalized spacial score (nSPS) is 13.0. The van der Waals surface area contributed by atoms with Crippen LogP contribution in [0.15, 0.2) is 18.2 Å². The zero-order valence-corrected chi connectivity index (χ0v) is 7.41. The molecular formula is C9H9ClF2. The molecule has 0 bridgehead atoms. The van der Waals surface area contributed by atoms with Crippen LogP contribution in [0, 0.1) is 11.6 Å². The molecule has 0 radical (unpaired) electrons. The first-order valence-corrected chi connectivity index (χ1v) is 4.11. The summed E-state index contributed by atoms with van der Waals surface area (Å²) in [6.07, 6.45) is 0.352. The molecule has 0 nitrogen and oxygen atoms in total. The Labute approximate surface area is 75.2 Å². The van der Waals surface area contributed by atoms with Crippen molar-refractivity contribution in [3.63, 3.8) is 0 Å². The maximum atomic E-state index is 12.9. The van der Waals surface area contributed by atoms with Crippen LogP contribution in [0.1, 0.15) is 12.5 Å². The average Bonchev–Trinajstić information content (AvgIpc) is 1.96. The molecule has 0 heterocycles.